The molecule has 1 saturated heterocycles. The van der Waals surface area contributed by atoms with E-state index in [1.807, 2.05) is 18.2 Å². The fourth-order valence-corrected chi connectivity index (χ4v) is 2.74. The number of benzene rings is 1. The van der Waals surface area contributed by atoms with Gasteiger partial charge in [0.05, 0.1) is 6.61 Å². The maximum absolute atomic E-state index is 9.07. The summed E-state index contributed by atoms with van der Waals surface area (Å²) in [5.41, 5.74) is 1.96. The van der Waals surface area contributed by atoms with E-state index in [0.29, 0.717) is 11.1 Å². The molecule has 0 aliphatic carbocycles. The van der Waals surface area contributed by atoms with Crippen molar-refractivity contribution in [2.24, 2.45) is 5.92 Å². The number of aliphatic hydroxyl groups is 1. The van der Waals surface area contributed by atoms with Crippen molar-refractivity contribution in [3.8, 4) is 0 Å². The van der Waals surface area contributed by atoms with Gasteiger partial charge in [-0.3, -0.25) is 0 Å². The van der Waals surface area contributed by atoms with Crippen LogP contribution in [0.4, 0.5) is 5.69 Å². The van der Waals surface area contributed by atoms with Crippen molar-refractivity contribution < 1.29 is 5.11 Å². The highest BCUT2D eigenvalue weighted by atomic mass is 35.5. The van der Waals surface area contributed by atoms with Crippen LogP contribution in [0.3, 0.4) is 0 Å². The van der Waals surface area contributed by atoms with Crippen LogP contribution in [0.2, 0.25) is 5.02 Å². The zero-order valence-electron chi connectivity index (χ0n) is 9.78. The van der Waals surface area contributed by atoms with Crippen molar-refractivity contribution in [2.45, 2.75) is 32.9 Å². The summed E-state index contributed by atoms with van der Waals surface area (Å²) in [4.78, 5) is 2.39. The monoisotopic (exact) mass is 239 g/mol. The Morgan fingerprint density at radius 1 is 1.44 bits per heavy atom. The van der Waals surface area contributed by atoms with Crippen LogP contribution in [0.1, 0.15) is 25.8 Å². The first kappa shape index (κ1) is 11.7. The second kappa shape index (κ2) is 4.64. The van der Waals surface area contributed by atoms with E-state index in [4.69, 9.17) is 16.7 Å². The minimum atomic E-state index is 0.00503. The molecule has 0 spiro atoms. The van der Waals surface area contributed by atoms with Gasteiger partial charge in [-0.2, -0.15) is 0 Å². The molecule has 1 fully saturated rings. The molecule has 1 aliphatic rings. The molecule has 2 unspecified atom stereocenters. The number of halogens is 1. The summed E-state index contributed by atoms with van der Waals surface area (Å²) in [7, 11) is 0. The Hall–Kier alpha value is -0.730. The summed E-state index contributed by atoms with van der Waals surface area (Å²) < 4.78 is 0. The molecule has 0 saturated carbocycles. The molecule has 88 valence electrons. The largest absolute Gasteiger partial charge is 0.392 e. The van der Waals surface area contributed by atoms with Crippen LogP contribution in [0.5, 0.6) is 0 Å². The number of hydrogen-bond acceptors (Lipinski definition) is 2. The Kier molecular flexibility index (Phi) is 3.41. The molecule has 2 rings (SSSR count). The molecule has 1 N–H and O–H groups in total. The van der Waals surface area contributed by atoms with E-state index in [9.17, 15) is 0 Å². The van der Waals surface area contributed by atoms with Crippen molar-refractivity contribution >= 4 is 17.3 Å². The van der Waals surface area contributed by atoms with Crippen LogP contribution in [-0.2, 0) is 6.61 Å². The quantitative estimate of drug-likeness (QED) is 0.858. The molecule has 0 bridgehead atoms. The lowest BCUT2D eigenvalue weighted by atomic mass is 10.1. The molecule has 16 heavy (non-hydrogen) atoms. The summed E-state index contributed by atoms with van der Waals surface area (Å²) in [6.07, 6.45) is 1.24. The van der Waals surface area contributed by atoms with E-state index >= 15 is 0 Å². The number of hydrogen-bond donors (Lipinski definition) is 1. The van der Waals surface area contributed by atoms with E-state index in [1.165, 1.54) is 12.1 Å². The SMILES string of the molecule is CC1CC(C)N(c2ccc(CO)c(Cl)c2)C1. The third-order valence-electron chi connectivity index (χ3n) is 3.32. The van der Waals surface area contributed by atoms with Crippen LogP contribution in [0.25, 0.3) is 0 Å². The lowest BCUT2D eigenvalue weighted by Crippen LogP contribution is -2.26. The van der Waals surface area contributed by atoms with Gasteiger partial charge in [0, 0.05) is 23.3 Å². The second-order valence-corrected chi connectivity index (χ2v) is 5.18. The highest BCUT2D eigenvalue weighted by molar-refractivity contribution is 6.31. The summed E-state index contributed by atoms with van der Waals surface area (Å²) >= 11 is 6.11. The van der Waals surface area contributed by atoms with Gasteiger partial charge < -0.3 is 10.0 Å². The van der Waals surface area contributed by atoms with Gasteiger partial charge in [0.25, 0.3) is 0 Å². The first-order valence-electron chi connectivity index (χ1n) is 5.77. The first-order chi connectivity index (χ1) is 7.61. The molecule has 3 heteroatoms. The van der Waals surface area contributed by atoms with Gasteiger partial charge in [0.15, 0.2) is 0 Å². The van der Waals surface area contributed by atoms with Crippen molar-refractivity contribution in [3.05, 3.63) is 28.8 Å². The van der Waals surface area contributed by atoms with Gasteiger partial charge >= 0.3 is 0 Å². The average molecular weight is 240 g/mol. The van der Waals surface area contributed by atoms with Crippen LogP contribution < -0.4 is 4.90 Å². The molecule has 0 amide bonds. The molecule has 0 aromatic heterocycles. The van der Waals surface area contributed by atoms with E-state index in [2.05, 4.69) is 18.7 Å². The first-order valence-corrected chi connectivity index (χ1v) is 6.15. The van der Waals surface area contributed by atoms with E-state index in [-0.39, 0.29) is 6.61 Å². The Balaban J connectivity index is 2.24. The van der Waals surface area contributed by atoms with Gasteiger partial charge in [0.1, 0.15) is 0 Å². The Morgan fingerprint density at radius 3 is 2.69 bits per heavy atom. The van der Waals surface area contributed by atoms with Crippen molar-refractivity contribution in [3.63, 3.8) is 0 Å². The molecule has 0 radical (unpaired) electrons. The second-order valence-electron chi connectivity index (χ2n) is 4.78. The topological polar surface area (TPSA) is 23.5 Å². The smallest absolute Gasteiger partial charge is 0.0696 e. The van der Waals surface area contributed by atoms with Crippen LogP contribution in [0, 0.1) is 5.92 Å². The lowest BCUT2D eigenvalue weighted by molar-refractivity contribution is 0.282. The Morgan fingerprint density at radius 2 is 2.19 bits per heavy atom. The van der Waals surface area contributed by atoms with Gasteiger partial charge in [-0.05, 0) is 37.0 Å². The number of anilines is 1. The third kappa shape index (κ3) is 2.18. The van der Waals surface area contributed by atoms with E-state index in [1.54, 1.807) is 0 Å². The number of aliphatic hydroxyl groups excluding tert-OH is 1. The predicted octanol–water partition coefficient (Wildman–Crippen LogP) is 3.07. The maximum Gasteiger partial charge on any atom is 0.0696 e. The fraction of sp³-hybridized carbons (Fsp3) is 0.538. The normalized spacial score (nSPS) is 25.1. The lowest BCUT2D eigenvalue weighted by Gasteiger charge is -2.24. The third-order valence-corrected chi connectivity index (χ3v) is 3.67. The van der Waals surface area contributed by atoms with Crippen LogP contribution in [0.15, 0.2) is 18.2 Å². The zero-order valence-corrected chi connectivity index (χ0v) is 10.5. The highest BCUT2D eigenvalue weighted by Crippen LogP contribution is 2.31. The highest BCUT2D eigenvalue weighted by Gasteiger charge is 2.26. The Bertz CT molecular complexity index is 380. The molecule has 1 heterocycles. The Labute approximate surface area is 102 Å². The summed E-state index contributed by atoms with van der Waals surface area (Å²) in [5, 5.41) is 9.73. The minimum Gasteiger partial charge on any atom is -0.392 e. The number of rotatable bonds is 2. The van der Waals surface area contributed by atoms with Crippen LogP contribution in [-0.4, -0.2) is 17.7 Å². The molecular formula is C13H18ClNO. The molecule has 1 aliphatic heterocycles. The van der Waals surface area contributed by atoms with Crippen molar-refractivity contribution in [1.29, 1.82) is 0 Å². The van der Waals surface area contributed by atoms with Gasteiger partial charge in [0.2, 0.25) is 0 Å². The van der Waals surface area contributed by atoms with Crippen LogP contribution >= 0.6 is 11.6 Å². The maximum atomic E-state index is 9.07. The van der Waals surface area contributed by atoms with Gasteiger partial charge in [-0.15, -0.1) is 0 Å². The summed E-state index contributed by atoms with van der Waals surface area (Å²) in [5.74, 6) is 0.742. The standard InChI is InChI=1S/C13H18ClNO/c1-9-5-10(2)15(7-9)12-4-3-11(8-16)13(14)6-12/h3-4,6,9-10,16H,5,7-8H2,1-2H3. The molecule has 1 aromatic rings. The summed E-state index contributed by atoms with van der Waals surface area (Å²) in [6, 6.07) is 6.49. The summed E-state index contributed by atoms with van der Waals surface area (Å²) in [6.45, 7) is 5.62. The molecule has 2 atom stereocenters. The van der Waals surface area contributed by atoms with E-state index < -0.39 is 0 Å². The van der Waals surface area contributed by atoms with Crippen molar-refractivity contribution in [1.82, 2.24) is 0 Å². The molecular weight excluding hydrogens is 222 g/mol. The fourth-order valence-electron chi connectivity index (χ4n) is 2.50. The predicted molar refractivity (Wildman–Crippen MR) is 68.0 cm³/mol. The van der Waals surface area contributed by atoms with E-state index in [0.717, 1.165) is 18.0 Å². The number of nitrogens with zero attached hydrogens (tertiary/aromatic N) is 1. The molecule has 1 aromatic carbocycles. The minimum absolute atomic E-state index is 0.00503. The average Bonchev–Trinajstić information content (AvgIpc) is 2.58. The van der Waals surface area contributed by atoms with Gasteiger partial charge in [-0.1, -0.05) is 24.6 Å². The zero-order chi connectivity index (χ0) is 11.7. The molecule has 2 nitrogen and oxygen atoms in total. The van der Waals surface area contributed by atoms with Crippen molar-refractivity contribution in [2.75, 3.05) is 11.4 Å². The van der Waals surface area contributed by atoms with Gasteiger partial charge in [-0.25, -0.2) is 0 Å².